The number of hydrogen-bond donors (Lipinski definition) is 0. The van der Waals surface area contributed by atoms with E-state index >= 15 is 0 Å². The van der Waals surface area contributed by atoms with E-state index in [0.717, 1.165) is 7.11 Å². The number of benzene rings is 1. The van der Waals surface area contributed by atoms with E-state index in [1.165, 1.54) is 17.0 Å². The van der Waals surface area contributed by atoms with Crippen LogP contribution >= 0.6 is 0 Å². The second-order valence-corrected chi connectivity index (χ2v) is 5.44. The molecular formula is C12H18N2O4S. The molecule has 0 aliphatic rings. The van der Waals surface area contributed by atoms with E-state index in [4.69, 9.17) is 4.84 Å². The largest absolute Gasteiger partial charge is 0.358 e. The third kappa shape index (κ3) is 3.24. The summed E-state index contributed by atoms with van der Waals surface area (Å²) in [5, 5.41) is 0. The minimum absolute atomic E-state index is 0.0114. The number of sulfonamides is 1. The highest BCUT2D eigenvalue weighted by atomic mass is 32.2. The number of urea groups is 1. The van der Waals surface area contributed by atoms with Gasteiger partial charge in [0.25, 0.3) is 10.0 Å². The van der Waals surface area contributed by atoms with Gasteiger partial charge in [-0.15, -0.1) is 0 Å². The van der Waals surface area contributed by atoms with E-state index in [-0.39, 0.29) is 4.90 Å². The molecule has 19 heavy (non-hydrogen) atoms. The van der Waals surface area contributed by atoms with E-state index in [1.54, 1.807) is 32.0 Å². The maximum atomic E-state index is 12.3. The van der Waals surface area contributed by atoms with Crippen LogP contribution in [0.1, 0.15) is 13.8 Å². The topological polar surface area (TPSA) is 66.9 Å². The van der Waals surface area contributed by atoms with Crippen molar-refractivity contribution in [2.45, 2.75) is 18.7 Å². The summed E-state index contributed by atoms with van der Waals surface area (Å²) in [7, 11) is -2.84. The maximum Gasteiger partial charge on any atom is 0.358 e. The van der Waals surface area contributed by atoms with Crippen molar-refractivity contribution in [3.8, 4) is 0 Å². The van der Waals surface area contributed by atoms with E-state index in [2.05, 4.69) is 0 Å². The Morgan fingerprint density at radius 3 is 2.11 bits per heavy atom. The summed E-state index contributed by atoms with van der Waals surface area (Å²) in [6.45, 7) is 4.34. The highest BCUT2D eigenvalue weighted by Gasteiger charge is 2.32. The van der Waals surface area contributed by atoms with Crippen molar-refractivity contribution < 1.29 is 18.0 Å². The Bertz CT molecular complexity index is 512. The molecule has 0 atom stereocenters. The lowest BCUT2D eigenvalue weighted by molar-refractivity contribution is -0.0231. The highest BCUT2D eigenvalue weighted by Crippen LogP contribution is 2.17. The van der Waals surface area contributed by atoms with Gasteiger partial charge in [-0.1, -0.05) is 22.7 Å². The Morgan fingerprint density at radius 1 is 1.16 bits per heavy atom. The summed E-state index contributed by atoms with van der Waals surface area (Å²) >= 11 is 0. The Balaban J connectivity index is 3.13. The molecule has 0 aliphatic carbocycles. The predicted octanol–water partition coefficient (Wildman–Crippen LogP) is 1.70. The number of rotatable bonds is 5. The van der Waals surface area contributed by atoms with Gasteiger partial charge < -0.3 is 4.90 Å². The van der Waals surface area contributed by atoms with Gasteiger partial charge in [-0.25, -0.2) is 4.79 Å². The van der Waals surface area contributed by atoms with E-state index in [9.17, 15) is 13.2 Å². The van der Waals surface area contributed by atoms with Crippen LogP contribution in [0, 0.1) is 0 Å². The molecule has 0 saturated carbocycles. The fourth-order valence-corrected chi connectivity index (χ4v) is 2.79. The van der Waals surface area contributed by atoms with Gasteiger partial charge in [0.05, 0.1) is 12.0 Å². The first-order valence-corrected chi connectivity index (χ1v) is 7.36. The van der Waals surface area contributed by atoms with Gasteiger partial charge >= 0.3 is 6.03 Å². The standard InChI is InChI=1S/C12H18N2O4S/c1-4-13(5-2)12(15)14(18-3)19(16,17)11-9-7-6-8-10-11/h6-10H,4-5H2,1-3H3. The zero-order valence-electron chi connectivity index (χ0n) is 11.2. The fraction of sp³-hybridized carbons (Fsp3) is 0.417. The molecule has 1 aromatic rings. The van der Waals surface area contributed by atoms with Crippen molar-refractivity contribution >= 4 is 16.1 Å². The predicted molar refractivity (Wildman–Crippen MR) is 70.8 cm³/mol. The van der Waals surface area contributed by atoms with Crippen LogP contribution in [0.2, 0.25) is 0 Å². The van der Waals surface area contributed by atoms with Crippen molar-refractivity contribution in [3.63, 3.8) is 0 Å². The zero-order valence-corrected chi connectivity index (χ0v) is 12.1. The third-order valence-corrected chi connectivity index (χ3v) is 4.23. The first kappa shape index (κ1) is 15.5. The number of carbonyl (C=O) groups is 1. The molecule has 0 unspecified atom stereocenters. The van der Waals surface area contributed by atoms with Crippen molar-refractivity contribution in [1.29, 1.82) is 0 Å². The highest BCUT2D eigenvalue weighted by molar-refractivity contribution is 7.89. The molecule has 0 spiro atoms. The summed E-state index contributed by atoms with van der Waals surface area (Å²) in [6, 6.07) is 7.00. The molecule has 7 heteroatoms. The lowest BCUT2D eigenvalue weighted by atomic mass is 10.4. The summed E-state index contributed by atoms with van der Waals surface area (Å²) in [6.07, 6.45) is 0. The minimum Gasteiger partial charge on any atom is -0.323 e. The van der Waals surface area contributed by atoms with Gasteiger partial charge in [0, 0.05) is 13.1 Å². The van der Waals surface area contributed by atoms with Gasteiger partial charge in [-0.3, -0.25) is 4.84 Å². The van der Waals surface area contributed by atoms with E-state index in [0.29, 0.717) is 17.6 Å². The van der Waals surface area contributed by atoms with Crippen molar-refractivity contribution in [2.24, 2.45) is 0 Å². The lowest BCUT2D eigenvalue weighted by Gasteiger charge is -2.26. The van der Waals surface area contributed by atoms with Crippen LogP contribution < -0.4 is 0 Å². The van der Waals surface area contributed by atoms with E-state index in [1.807, 2.05) is 0 Å². The summed E-state index contributed by atoms with van der Waals surface area (Å²) < 4.78 is 25.0. The van der Waals surface area contributed by atoms with Crippen LogP contribution in [0.3, 0.4) is 0 Å². The average Bonchev–Trinajstić information content (AvgIpc) is 2.41. The molecule has 0 aromatic heterocycles. The summed E-state index contributed by atoms with van der Waals surface area (Å²) in [5.41, 5.74) is 0. The van der Waals surface area contributed by atoms with Crippen LogP contribution in [-0.2, 0) is 14.9 Å². The lowest BCUT2D eigenvalue weighted by Crippen LogP contribution is -2.45. The second kappa shape index (κ2) is 6.53. The van der Waals surface area contributed by atoms with Gasteiger partial charge in [0.1, 0.15) is 0 Å². The molecule has 0 bridgehead atoms. The van der Waals surface area contributed by atoms with Gasteiger partial charge in [0.15, 0.2) is 0 Å². The number of hydroxylamine groups is 1. The number of carbonyl (C=O) groups excluding carboxylic acids is 1. The first-order chi connectivity index (χ1) is 8.98. The number of hydrogen-bond acceptors (Lipinski definition) is 4. The monoisotopic (exact) mass is 286 g/mol. The Kier molecular flexibility index (Phi) is 5.31. The molecule has 0 fully saturated rings. The molecule has 0 saturated heterocycles. The number of nitrogens with zero attached hydrogens (tertiary/aromatic N) is 2. The first-order valence-electron chi connectivity index (χ1n) is 5.92. The second-order valence-electron chi connectivity index (χ2n) is 3.68. The van der Waals surface area contributed by atoms with Crippen LogP contribution in [0.15, 0.2) is 35.2 Å². The van der Waals surface area contributed by atoms with Crippen LogP contribution in [-0.4, -0.2) is 44.0 Å². The third-order valence-electron chi connectivity index (χ3n) is 2.62. The minimum atomic E-state index is -4.00. The van der Waals surface area contributed by atoms with Crippen LogP contribution in [0.5, 0.6) is 0 Å². The molecule has 2 amide bonds. The van der Waals surface area contributed by atoms with Gasteiger partial charge in [0.2, 0.25) is 0 Å². The molecule has 0 heterocycles. The molecule has 6 nitrogen and oxygen atoms in total. The van der Waals surface area contributed by atoms with Gasteiger partial charge in [-0.05, 0) is 26.0 Å². The molecule has 0 radical (unpaired) electrons. The van der Waals surface area contributed by atoms with E-state index < -0.39 is 16.1 Å². The Hall–Kier alpha value is -1.60. The summed E-state index contributed by atoms with van der Waals surface area (Å²) in [4.78, 5) is 18.3. The average molecular weight is 286 g/mol. The molecular weight excluding hydrogens is 268 g/mol. The molecule has 1 aromatic carbocycles. The molecule has 0 N–H and O–H groups in total. The smallest absolute Gasteiger partial charge is 0.323 e. The Labute approximate surface area is 113 Å². The maximum absolute atomic E-state index is 12.3. The SMILES string of the molecule is CCN(CC)C(=O)N(OC)S(=O)(=O)c1ccccc1. The summed E-state index contributed by atoms with van der Waals surface area (Å²) in [5.74, 6) is 0. The van der Waals surface area contributed by atoms with Crippen molar-refractivity contribution in [1.82, 2.24) is 9.37 Å². The van der Waals surface area contributed by atoms with Crippen LogP contribution in [0.25, 0.3) is 0 Å². The van der Waals surface area contributed by atoms with Crippen molar-refractivity contribution in [3.05, 3.63) is 30.3 Å². The van der Waals surface area contributed by atoms with Crippen LogP contribution in [0.4, 0.5) is 4.79 Å². The van der Waals surface area contributed by atoms with Gasteiger partial charge in [-0.2, -0.15) is 8.42 Å². The quantitative estimate of drug-likeness (QED) is 0.773. The fourth-order valence-electron chi connectivity index (χ4n) is 1.58. The normalized spacial score (nSPS) is 11.1. The zero-order chi connectivity index (χ0) is 14.5. The molecule has 106 valence electrons. The molecule has 0 aliphatic heterocycles. The Morgan fingerprint density at radius 2 is 1.68 bits per heavy atom. The number of amides is 2. The molecule has 1 rings (SSSR count). The van der Waals surface area contributed by atoms with Crippen molar-refractivity contribution in [2.75, 3.05) is 20.2 Å².